The monoisotopic (exact) mass is 485 g/mol. The van der Waals surface area contributed by atoms with E-state index in [0.717, 1.165) is 10.6 Å². The SMILES string of the molecule is C[C@H](NC(=O)OC(C)(C)C)c1nc2cccc(Cl)c2c(=O)n1-c1cc(F)cc(C(F)(F)F)c1. The second-order valence-corrected chi connectivity index (χ2v) is 8.72. The number of amides is 1. The molecule has 0 saturated heterocycles. The smallest absolute Gasteiger partial charge is 0.416 e. The third-order valence-corrected chi connectivity index (χ3v) is 4.78. The highest BCUT2D eigenvalue weighted by Crippen LogP contribution is 2.32. The molecule has 1 atom stereocenters. The Morgan fingerprint density at radius 3 is 2.45 bits per heavy atom. The Morgan fingerprint density at radius 1 is 1.18 bits per heavy atom. The van der Waals surface area contributed by atoms with Crippen LogP contribution in [0.5, 0.6) is 0 Å². The van der Waals surface area contributed by atoms with Crippen molar-refractivity contribution in [2.24, 2.45) is 0 Å². The molecule has 3 rings (SSSR count). The number of hydrogen-bond acceptors (Lipinski definition) is 4. The summed E-state index contributed by atoms with van der Waals surface area (Å²) < 4.78 is 60.1. The first-order valence-corrected chi connectivity index (χ1v) is 10.1. The number of alkyl halides is 3. The lowest BCUT2D eigenvalue weighted by Gasteiger charge is -2.23. The zero-order valence-corrected chi connectivity index (χ0v) is 18.8. The van der Waals surface area contributed by atoms with Gasteiger partial charge < -0.3 is 10.1 Å². The van der Waals surface area contributed by atoms with Gasteiger partial charge in [-0.1, -0.05) is 17.7 Å². The maximum absolute atomic E-state index is 14.1. The first-order chi connectivity index (χ1) is 15.2. The van der Waals surface area contributed by atoms with Crippen molar-refractivity contribution in [1.82, 2.24) is 14.9 Å². The number of hydrogen-bond donors (Lipinski definition) is 1. The van der Waals surface area contributed by atoms with Gasteiger partial charge in [0, 0.05) is 0 Å². The van der Waals surface area contributed by atoms with Crippen molar-refractivity contribution < 1.29 is 27.1 Å². The summed E-state index contributed by atoms with van der Waals surface area (Å²) in [5, 5.41) is 2.45. The van der Waals surface area contributed by atoms with E-state index in [-0.39, 0.29) is 21.7 Å². The molecule has 0 bridgehead atoms. The Morgan fingerprint density at radius 2 is 1.85 bits per heavy atom. The van der Waals surface area contributed by atoms with E-state index in [0.29, 0.717) is 12.1 Å². The first kappa shape index (κ1) is 24.5. The number of aromatic nitrogens is 2. The maximum Gasteiger partial charge on any atom is 0.416 e. The van der Waals surface area contributed by atoms with E-state index >= 15 is 0 Å². The average molecular weight is 486 g/mol. The molecule has 33 heavy (non-hydrogen) atoms. The average Bonchev–Trinajstić information content (AvgIpc) is 2.64. The fraction of sp³-hybridized carbons (Fsp3) is 0.318. The Bertz CT molecular complexity index is 1280. The van der Waals surface area contributed by atoms with E-state index in [2.05, 4.69) is 10.3 Å². The van der Waals surface area contributed by atoms with Gasteiger partial charge >= 0.3 is 12.3 Å². The normalized spacial score (nSPS) is 13.1. The lowest BCUT2D eigenvalue weighted by molar-refractivity contribution is -0.137. The molecule has 3 aromatic rings. The van der Waals surface area contributed by atoms with Crippen LogP contribution in [0.4, 0.5) is 22.4 Å². The Labute approximate surface area is 191 Å². The molecule has 0 saturated carbocycles. The molecule has 6 nitrogen and oxygen atoms in total. The molecule has 0 aliphatic rings. The second kappa shape index (κ2) is 8.66. The number of nitrogens with one attached hydrogen (secondary N) is 1. The van der Waals surface area contributed by atoms with Crippen molar-refractivity contribution in [3.8, 4) is 5.69 Å². The van der Waals surface area contributed by atoms with Gasteiger partial charge in [0.15, 0.2) is 0 Å². The van der Waals surface area contributed by atoms with Crippen LogP contribution < -0.4 is 10.9 Å². The van der Waals surface area contributed by atoms with Crippen LogP contribution in [0.25, 0.3) is 16.6 Å². The van der Waals surface area contributed by atoms with E-state index < -0.39 is 46.5 Å². The number of halogens is 5. The van der Waals surface area contributed by atoms with Crippen molar-refractivity contribution in [3.63, 3.8) is 0 Å². The number of alkyl carbamates (subject to hydrolysis) is 1. The summed E-state index contributed by atoms with van der Waals surface area (Å²) in [5.41, 5.74) is -3.20. The lowest BCUT2D eigenvalue weighted by Crippen LogP contribution is -2.37. The Hall–Kier alpha value is -3.14. The number of fused-ring (bicyclic) bond motifs is 1. The quantitative estimate of drug-likeness (QED) is 0.477. The molecule has 11 heteroatoms. The molecule has 0 spiro atoms. The van der Waals surface area contributed by atoms with E-state index in [1.807, 2.05) is 0 Å². The van der Waals surface area contributed by atoms with Crippen molar-refractivity contribution >= 4 is 28.6 Å². The topological polar surface area (TPSA) is 73.2 Å². The number of nitrogens with zero attached hydrogens (tertiary/aromatic N) is 2. The molecule has 0 aliphatic carbocycles. The molecule has 1 N–H and O–H groups in total. The van der Waals surface area contributed by atoms with Crippen LogP contribution >= 0.6 is 11.6 Å². The molecule has 176 valence electrons. The van der Waals surface area contributed by atoms with Crippen LogP contribution in [0.3, 0.4) is 0 Å². The summed E-state index contributed by atoms with van der Waals surface area (Å²) in [7, 11) is 0. The van der Waals surface area contributed by atoms with Gasteiger partial charge in [-0.2, -0.15) is 13.2 Å². The van der Waals surface area contributed by atoms with Gasteiger partial charge in [-0.3, -0.25) is 9.36 Å². The first-order valence-electron chi connectivity index (χ1n) is 9.76. The third kappa shape index (κ3) is 5.44. The number of carbonyl (C=O) groups excluding carboxylic acids is 1. The zero-order chi connectivity index (χ0) is 24.7. The molecular formula is C22H20ClF4N3O3. The van der Waals surface area contributed by atoms with Gasteiger partial charge in [-0.25, -0.2) is 14.2 Å². The second-order valence-electron chi connectivity index (χ2n) is 8.31. The molecule has 1 aromatic heterocycles. The van der Waals surface area contributed by atoms with E-state index in [1.165, 1.54) is 19.1 Å². The fourth-order valence-corrected chi connectivity index (χ4v) is 3.41. The van der Waals surface area contributed by atoms with Gasteiger partial charge in [-0.05, 0) is 58.0 Å². The number of ether oxygens (including phenoxy) is 1. The maximum atomic E-state index is 14.1. The van der Waals surface area contributed by atoms with Crippen LogP contribution in [0.1, 0.15) is 45.1 Å². The summed E-state index contributed by atoms with van der Waals surface area (Å²) in [6, 6.07) is 5.16. The van der Waals surface area contributed by atoms with Gasteiger partial charge in [0.05, 0.1) is 33.2 Å². The Kier molecular flexibility index (Phi) is 6.43. The van der Waals surface area contributed by atoms with Crippen molar-refractivity contribution in [2.45, 2.75) is 45.5 Å². The van der Waals surface area contributed by atoms with Gasteiger partial charge in [0.25, 0.3) is 5.56 Å². The van der Waals surface area contributed by atoms with Crippen LogP contribution in [0, 0.1) is 5.82 Å². The summed E-state index contributed by atoms with van der Waals surface area (Å²) in [6.45, 7) is 6.40. The highest BCUT2D eigenvalue weighted by atomic mass is 35.5. The summed E-state index contributed by atoms with van der Waals surface area (Å²) in [4.78, 5) is 30.0. The van der Waals surface area contributed by atoms with Gasteiger partial charge in [0.1, 0.15) is 17.2 Å². The number of benzene rings is 2. The summed E-state index contributed by atoms with van der Waals surface area (Å²) in [5.74, 6) is -1.34. The van der Waals surface area contributed by atoms with Crippen LogP contribution in [-0.2, 0) is 10.9 Å². The van der Waals surface area contributed by atoms with Crippen molar-refractivity contribution in [2.75, 3.05) is 0 Å². The molecular weight excluding hydrogens is 466 g/mol. The molecule has 0 unspecified atom stereocenters. The predicted octanol–water partition coefficient (Wildman–Crippen LogP) is 5.78. The molecule has 1 amide bonds. The lowest BCUT2D eigenvalue weighted by atomic mass is 10.1. The van der Waals surface area contributed by atoms with E-state index in [4.69, 9.17) is 16.3 Å². The zero-order valence-electron chi connectivity index (χ0n) is 18.1. The third-order valence-electron chi connectivity index (χ3n) is 4.46. The summed E-state index contributed by atoms with van der Waals surface area (Å²) in [6.07, 6.45) is -5.69. The fourth-order valence-electron chi connectivity index (χ4n) is 3.16. The van der Waals surface area contributed by atoms with Crippen molar-refractivity contribution in [3.05, 3.63) is 69.0 Å². The summed E-state index contributed by atoms with van der Waals surface area (Å²) >= 11 is 6.15. The molecule has 0 radical (unpaired) electrons. The highest BCUT2D eigenvalue weighted by Gasteiger charge is 2.32. The highest BCUT2D eigenvalue weighted by molar-refractivity contribution is 6.35. The van der Waals surface area contributed by atoms with Gasteiger partial charge in [-0.15, -0.1) is 0 Å². The molecule has 0 fully saturated rings. The van der Waals surface area contributed by atoms with E-state index in [1.54, 1.807) is 26.8 Å². The molecule has 2 aromatic carbocycles. The van der Waals surface area contributed by atoms with Crippen LogP contribution in [0.2, 0.25) is 5.02 Å². The van der Waals surface area contributed by atoms with Crippen molar-refractivity contribution in [1.29, 1.82) is 0 Å². The minimum Gasteiger partial charge on any atom is -0.444 e. The standard InChI is InChI=1S/C22H20ClF4N3O3/c1-11(28-20(32)33-21(2,3)4)18-29-16-7-5-6-15(23)17(16)19(31)30(18)14-9-12(22(25,26)27)8-13(24)10-14/h5-11H,1-4H3,(H,28,32)/t11-/m0/s1. The minimum atomic E-state index is -4.86. The molecule has 1 heterocycles. The van der Waals surface area contributed by atoms with E-state index in [9.17, 15) is 27.2 Å². The largest absolute Gasteiger partial charge is 0.444 e. The Balaban J connectivity index is 2.27. The predicted molar refractivity (Wildman–Crippen MR) is 115 cm³/mol. The van der Waals surface area contributed by atoms with Gasteiger partial charge in [0.2, 0.25) is 0 Å². The van der Waals surface area contributed by atoms with Crippen LogP contribution in [0.15, 0.2) is 41.2 Å². The number of rotatable bonds is 3. The van der Waals surface area contributed by atoms with Crippen LogP contribution in [-0.4, -0.2) is 21.2 Å². The minimum absolute atomic E-state index is 0.0190. The number of carbonyl (C=O) groups is 1. The molecule has 0 aliphatic heterocycles.